The lowest BCUT2D eigenvalue weighted by Gasteiger charge is -2.22. The first-order chi connectivity index (χ1) is 9.49. The number of carbonyl (C=O) groups is 1. The van der Waals surface area contributed by atoms with Crippen LogP contribution in [0.3, 0.4) is 0 Å². The van der Waals surface area contributed by atoms with Crippen LogP contribution < -0.4 is 4.90 Å². The fourth-order valence-electron chi connectivity index (χ4n) is 2.32. The number of hydrogen-bond donors (Lipinski definition) is 1. The Kier molecular flexibility index (Phi) is 4.03. The van der Waals surface area contributed by atoms with Gasteiger partial charge in [0, 0.05) is 19.3 Å². The van der Waals surface area contributed by atoms with Gasteiger partial charge in [-0.3, -0.25) is 4.98 Å². The highest BCUT2D eigenvalue weighted by Crippen LogP contribution is 2.24. The highest BCUT2D eigenvalue weighted by molar-refractivity contribution is 5.95. The molecule has 0 atom stereocenters. The predicted octanol–water partition coefficient (Wildman–Crippen LogP) is 3.03. The summed E-state index contributed by atoms with van der Waals surface area (Å²) < 4.78 is 0. The van der Waals surface area contributed by atoms with Crippen molar-refractivity contribution < 1.29 is 9.90 Å². The van der Waals surface area contributed by atoms with Crippen LogP contribution >= 0.6 is 0 Å². The van der Waals surface area contributed by atoms with Crippen molar-refractivity contribution in [1.82, 2.24) is 4.98 Å². The molecule has 104 valence electrons. The number of carboxylic acid groups (broad SMARTS) is 1. The fourth-order valence-corrected chi connectivity index (χ4v) is 2.32. The van der Waals surface area contributed by atoms with Crippen molar-refractivity contribution in [3.05, 3.63) is 58.9 Å². The van der Waals surface area contributed by atoms with Gasteiger partial charge in [-0.1, -0.05) is 30.3 Å². The molecular formula is C16H18N2O2. The third-order valence-electron chi connectivity index (χ3n) is 3.20. The summed E-state index contributed by atoms with van der Waals surface area (Å²) in [5.74, 6) is -0.940. The molecule has 1 aromatic carbocycles. The summed E-state index contributed by atoms with van der Waals surface area (Å²) in [6, 6.07) is 11.8. The molecule has 0 fully saturated rings. The number of aromatic nitrogens is 1. The minimum absolute atomic E-state index is 0.272. The van der Waals surface area contributed by atoms with Crippen molar-refractivity contribution in [1.29, 1.82) is 0 Å². The second-order valence-electron chi connectivity index (χ2n) is 4.89. The fraction of sp³-hybridized carbons (Fsp3) is 0.250. The van der Waals surface area contributed by atoms with Crippen LogP contribution in [0.2, 0.25) is 0 Å². The topological polar surface area (TPSA) is 53.4 Å². The Morgan fingerprint density at radius 1 is 1.25 bits per heavy atom. The second kappa shape index (κ2) is 5.74. The summed E-state index contributed by atoms with van der Waals surface area (Å²) in [7, 11) is 1.90. The zero-order valence-corrected chi connectivity index (χ0v) is 11.9. The van der Waals surface area contributed by atoms with Gasteiger partial charge in [0.25, 0.3) is 0 Å². The summed E-state index contributed by atoms with van der Waals surface area (Å²) in [6.45, 7) is 4.26. The number of carboxylic acids is 1. The molecule has 2 rings (SSSR count). The summed E-state index contributed by atoms with van der Waals surface area (Å²) in [6.07, 6.45) is 0. The number of pyridine rings is 1. The number of benzene rings is 1. The van der Waals surface area contributed by atoms with Crippen molar-refractivity contribution >= 4 is 11.7 Å². The zero-order valence-electron chi connectivity index (χ0n) is 11.9. The molecule has 0 unspecified atom stereocenters. The molecule has 1 heterocycles. The van der Waals surface area contributed by atoms with Gasteiger partial charge in [-0.2, -0.15) is 0 Å². The van der Waals surface area contributed by atoms with Gasteiger partial charge in [0.15, 0.2) is 0 Å². The van der Waals surface area contributed by atoms with E-state index in [1.54, 1.807) is 6.92 Å². The summed E-state index contributed by atoms with van der Waals surface area (Å²) >= 11 is 0. The van der Waals surface area contributed by atoms with E-state index < -0.39 is 5.97 Å². The normalized spacial score (nSPS) is 10.3. The van der Waals surface area contributed by atoms with E-state index in [0.717, 1.165) is 11.3 Å². The van der Waals surface area contributed by atoms with Crippen LogP contribution in [0, 0.1) is 13.8 Å². The minimum Gasteiger partial charge on any atom is -0.478 e. The number of hydrogen-bond acceptors (Lipinski definition) is 3. The van der Waals surface area contributed by atoms with Crippen LogP contribution in [0.25, 0.3) is 0 Å². The Hall–Kier alpha value is -2.36. The lowest BCUT2D eigenvalue weighted by Crippen LogP contribution is -2.21. The van der Waals surface area contributed by atoms with Gasteiger partial charge in [0.2, 0.25) is 0 Å². The van der Waals surface area contributed by atoms with Crippen LogP contribution in [0.5, 0.6) is 0 Å². The van der Waals surface area contributed by atoms with Gasteiger partial charge in [-0.15, -0.1) is 0 Å². The average Bonchev–Trinajstić information content (AvgIpc) is 2.38. The average molecular weight is 270 g/mol. The second-order valence-corrected chi connectivity index (χ2v) is 4.89. The first-order valence-electron chi connectivity index (χ1n) is 6.45. The van der Waals surface area contributed by atoms with Crippen LogP contribution in [0.15, 0.2) is 36.4 Å². The van der Waals surface area contributed by atoms with E-state index >= 15 is 0 Å². The number of rotatable bonds is 4. The van der Waals surface area contributed by atoms with Gasteiger partial charge in [0.05, 0.1) is 11.4 Å². The van der Waals surface area contributed by atoms with Crippen molar-refractivity contribution in [2.24, 2.45) is 0 Å². The molecule has 0 aliphatic carbocycles. The van der Waals surface area contributed by atoms with Crippen LogP contribution in [-0.4, -0.2) is 23.1 Å². The summed E-state index contributed by atoms with van der Waals surface area (Å²) in [5.41, 5.74) is 3.48. The Morgan fingerprint density at radius 2 is 1.90 bits per heavy atom. The molecule has 0 saturated carbocycles. The number of nitrogens with zero attached hydrogens (tertiary/aromatic N) is 2. The van der Waals surface area contributed by atoms with Crippen LogP contribution in [0.4, 0.5) is 5.69 Å². The third kappa shape index (κ3) is 2.96. The molecule has 0 aliphatic heterocycles. The van der Waals surface area contributed by atoms with Crippen LogP contribution in [0.1, 0.15) is 27.3 Å². The maximum atomic E-state index is 11.4. The first-order valence-corrected chi connectivity index (χ1v) is 6.45. The van der Waals surface area contributed by atoms with Gasteiger partial charge in [0.1, 0.15) is 5.56 Å². The molecular weight excluding hydrogens is 252 g/mol. The van der Waals surface area contributed by atoms with Gasteiger partial charge >= 0.3 is 5.97 Å². The Morgan fingerprint density at radius 3 is 2.50 bits per heavy atom. The molecule has 0 spiro atoms. The smallest absolute Gasteiger partial charge is 0.339 e. The molecule has 4 heteroatoms. The first kappa shape index (κ1) is 14.1. The third-order valence-corrected chi connectivity index (χ3v) is 3.20. The lowest BCUT2D eigenvalue weighted by atomic mass is 10.1. The largest absolute Gasteiger partial charge is 0.478 e. The highest BCUT2D eigenvalue weighted by Gasteiger charge is 2.18. The monoisotopic (exact) mass is 270 g/mol. The molecule has 0 radical (unpaired) electrons. The van der Waals surface area contributed by atoms with E-state index in [-0.39, 0.29) is 5.56 Å². The molecule has 1 aromatic heterocycles. The molecule has 2 aromatic rings. The standard InChI is InChI=1S/C16H18N2O2/c1-11-9-14(15(16(19)20)12(2)17-11)18(3)10-13-7-5-4-6-8-13/h4-9H,10H2,1-3H3,(H,19,20). The van der Waals surface area contributed by atoms with Gasteiger partial charge in [-0.05, 0) is 25.5 Å². The Balaban J connectivity index is 2.38. The van der Waals surface area contributed by atoms with E-state index in [1.165, 1.54) is 0 Å². The maximum Gasteiger partial charge on any atom is 0.339 e. The van der Waals surface area contributed by atoms with Gasteiger partial charge < -0.3 is 10.0 Å². The van der Waals surface area contributed by atoms with E-state index in [9.17, 15) is 9.90 Å². The van der Waals surface area contributed by atoms with Gasteiger partial charge in [-0.25, -0.2) is 4.79 Å². The van der Waals surface area contributed by atoms with Crippen molar-refractivity contribution in [3.63, 3.8) is 0 Å². The lowest BCUT2D eigenvalue weighted by molar-refractivity contribution is 0.0696. The number of anilines is 1. The SMILES string of the molecule is Cc1cc(N(C)Cc2ccccc2)c(C(=O)O)c(C)n1. The van der Waals surface area contributed by atoms with Crippen LogP contribution in [-0.2, 0) is 6.54 Å². The quantitative estimate of drug-likeness (QED) is 0.927. The van der Waals surface area contributed by atoms with E-state index in [1.807, 2.05) is 55.3 Å². The summed E-state index contributed by atoms with van der Waals surface area (Å²) in [5, 5.41) is 9.39. The van der Waals surface area contributed by atoms with Crippen molar-refractivity contribution in [3.8, 4) is 0 Å². The Bertz CT molecular complexity index is 624. The highest BCUT2D eigenvalue weighted by atomic mass is 16.4. The van der Waals surface area contributed by atoms with Crippen molar-refractivity contribution in [2.75, 3.05) is 11.9 Å². The van der Waals surface area contributed by atoms with E-state index in [0.29, 0.717) is 17.9 Å². The molecule has 0 saturated heterocycles. The molecule has 1 N–H and O–H groups in total. The Labute approximate surface area is 118 Å². The van der Waals surface area contributed by atoms with E-state index in [4.69, 9.17) is 0 Å². The molecule has 4 nitrogen and oxygen atoms in total. The van der Waals surface area contributed by atoms with Crippen molar-refractivity contribution in [2.45, 2.75) is 20.4 Å². The predicted molar refractivity (Wildman–Crippen MR) is 79.2 cm³/mol. The van der Waals surface area contributed by atoms with E-state index in [2.05, 4.69) is 4.98 Å². The molecule has 0 aliphatic rings. The molecule has 0 bridgehead atoms. The summed E-state index contributed by atoms with van der Waals surface area (Å²) in [4.78, 5) is 17.6. The number of aromatic carboxylic acids is 1. The number of aryl methyl sites for hydroxylation is 2. The zero-order chi connectivity index (χ0) is 14.7. The molecule has 20 heavy (non-hydrogen) atoms. The molecule has 0 amide bonds. The maximum absolute atomic E-state index is 11.4. The minimum atomic E-state index is -0.940.